The van der Waals surface area contributed by atoms with Crippen LogP contribution >= 0.6 is 0 Å². The molecule has 0 aliphatic carbocycles. The molecule has 3 nitrogen and oxygen atoms in total. The Morgan fingerprint density at radius 3 is 2.53 bits per heavy atom. The van der Waals surface area contributed by atoms with Gasteiger partial charge in [-0.15, -0.1) is 0 Å². The second-order valence-electron chi connectivity index (χ2n) is 3.38. The Balaban J connectivity index is 3.01. The number of benzene rings is 1. The SMILES string of the molecule is CCc1ccc(C(CN)OC)cc1OC. The maximum absolute atomic E-state index is 5.61. The third kappa shape index (κ3) is 2.70. The molecule has 0 aliphatic rings. The van der Waals surface area contributed by atoms with Gasteiger partial charge in [0.25, 0.3) is 0 Å². The van der Waals surface area contributed by atoms with Gasteiger partial charge in [-0.3, -0.25) is 0 Å². The van der Waals surface area contributed by atoms with Gasteiger partial charge in [-0.1, -0.05) is 19.1 Å². The molecule has 1 aromatic rings. The predicted octanol–water partition coefficient (Wildman–Crippen LogP) is 1.90. The van der Waals surface area contributed by atoms with Crippen molar-refractivity contribution in [3.8, 4) is 5.75 Å². The zero-order valence-corrected chi connectivity index (χ0v) is 9.62. The van der Waals surface area contributed by atoms with E-state index in [1.807, 2.05) is 12.1 Å². The highest BCUT2D eigenvalue weighted by atomic mass is 16.5. The molecule has 0 aromatic heterocycles. The van der Waals surface area contributed by atoms with Crippen LogP contribution in [0.1, 0.15) is 24.2 Å². The van der Waals surface area contributed by atoms with Gasteiger partial charge in [0.15, 0.2) is 0 Å². The average molecular weight is 209 g/mol. The number of methoxy groups -OCH3 is 2. The summed E-state index contributed by atoms with van der Waals surface area (Å²) in [6.07, 6.45) is 0.911. The van der Waals surface area contributed by atoms with E-state index in [9.17, 15) is 0 Å². The minimum Gasteiger partial charge on any atom is -0.496 e. The third-order valence-corrected chi connectivity index (χ3v) is 2.56. The fourth-order valence-corrected chi connectivity index (χ4v) is 1.62. The van der Waals surface area contributed by atoms with Crippen molar-refractivity contribution in [2.24, 2.45) is 5.73 Å². The Bertz CT molecular complexity index is 308. The highest BCUT2D eigenvalue weighted by Crippen LogP contribution is 2.25. The van der Waals surface area contributed by atoms with Gasteiger partial charge < -0.3 is 15.2 Å². The number of hydrogen-bond donors (Lipinski definition) is 1. The van der Waals surface area contributed by atoms with Gasteiger partial charge in [-0.2, -0.15) is 0 Å². The number of hydrogen-bond acceptors (Lipinski definition) is 3. The van der Waals surface area contributed by atoms with E-state index in [1.165, 1.54) is 5.56 Å². The molecule has 1 atom stereocenters. The lowest BCUT2D eigenvalue weighted by Gasteiger charge is -2.15. The van der Waals surface area contributed by atoms with E-state index in [0.717, 1.165) is 17.7 Å². The summed E-state index contributed by atoms with van der Waals surface area (Å²) in [5.41, 5.74) is 7.88. The molecule has 0 heterocycles. The summed E-state index contributed by atoms with van der Waals surface area (Å²) in [6, 6.07) is 6.11. The van der Waals surface area contributed by atoms with Crippen LogP contribution in [-0.4, -0.2) is 20.8 Å². The highest BCUT2D eigenvalue weighted by Gasteiger charge is 2.10. The first-order valence-corrected chi connectivity index (χ1v) is 5.16. The molecule has 1 rings (SSSR count). The minimum absolute atomic E-state index is 0.0511. The lowest BCUT2D eigenvalue weighted by molar-refractivity contribution is 0.110. The highest BCUT2D eigenvalue weighted by molar-refractivity contribution is 5.38. The first kappa shape index (κ1) is 12.0. The van der Waals surface area contributed by atoms with Crippen LogP contribution in [-0.2, 0) is 11.2 Å². The fourth-order valence-electron chi connectivity index (χ4n) is 1.62. The zero-order valence-electron chi connectivity index (χ0n) is 9.62. The van der Waals surface area contributed by atoms with Gasteiger partial charge in [0.2, 0.25) is 0 Å². The number of nitrogens with two attached hydrogens (primary N) is 1. The number of aryl methyl sites for hydroxylation is 1. The molecule has 0 fully saturated rings. The number of ether oxygens (including phenoxy) is 2. The summed E-state index contributed by atoms with van der Waals surface area (Å²) in [6.45, 7) is 2.58. The Morgan fingerprint density at radius 2 is 2.07 bits per heavy atom. The molecule has 1 aromatic carbocycles. The van der Waals surface area contributed by atoms with Gasteiger partial charge in [-0.05, 0) is 23.6 Å². The molecule has 1 unspecified atom stereocenters. The van der Waals surface area contributed by atoms with E-state index in [2.05, 4.69) is 13.0 Å². The standard InChI is InChI=1S/C12H19NO2/c1-4-9-5-6-10(7-11(9)14-2)12(8-13)15-3/h5-7,12H,4,8,13H2,1-3H3. The first-order valence-electron chi connectivity index (χ1n) is 5.16. The molecular formula is C12H19NO2. The topological polar surface area (TPSA) is 44.5 Å². The average Bonchev–Trinajstić information content (AvgIpc) is 2.30. The van der Waals surface area contributed by atoms with E-state index in [-0.39, 0.29) is 6.10 Å². The van der Waals surface area contributed by atoms with Crippen molar-refractivity contribution >= 4 is 0 Å². The molecule has 2 N–H and O–H groups in total. The summed E-state index contributed by atoms with van der Waals surface area (Å²) in [5, 5.41) is 0. The molecule has 0 amide bonds. The van der Waals surface area contributed by atoms with Crippen molar-refractivity contribution in [3.63, 3.8) is 0 Å². The Morgan fingerprint density at radius 1 is 1.33 bits per heavy atom. The van der Waals surface area contributed by atoms with Crippen molar-refractivity contribution in [3.05, 3.63) is 29.3 Å². The predicted molar refractivity (Wildman–Crippen MR) is 61.2 cm³/mol. The van der Waals surface area contributed by atoms with Crippen LogP contribution < -0.4 is 10.5 Å². The Labute approximate surface area is 91.2 Å². The third-order valence-electron chi connectivity index (χ3n) is 2.56. The molecule has 15 heavy (non-hydrogen) atoms. The molecule has 0 radical (unpaired) electrons. The Kier molecular flexibility index (Phi) is 4.59. The molecule has 0 saturated carbocycles. The monoisotopic (exact) mass is 209 g/mol. The van der Waals surface area contributed by atoms with Crippen LogP contribution in [0.3, 0.4) is 0 Å². The maximum atomic E-state index is 5.61. The smallest absolute Gasteiger partial charge is 0.122 e. The molecule has 3 heteroatoms. The van der Waals surface area contributed by atoms with Gasteiger partial charge in [0, 0.05) is 13.7 Å². The van der Waals surface area contributed by atoms with Crippen molar-refractivity contribution in [1.82, 2.24) is 0 Å². The molecular weight excluding hydrogens is 190 g/mol. The van der Waals surface area contributed by atoms with E-state index in [4.69, 9.17) is 15.2 Å². The van der Waals surface area contributed by atoms with E-state index in [1.54, 1.807) is 14.2 Å². The van der Waals surface area contributed by atoms with Gasteiger partial charge in [-0.25, -0.2) is 0 Å². The van der Waals surface area contributed by atoms with Gasteiger partial charge in [0.05, 0.1) is 13.2 Å². The molecule has 0 aliphatic heterocycles. The maximum Gasteiger partial charge on any atom is 0.122 e. The summed E-state index contributed by atoms with van der Waals surface area (Å²) in [7, 11) is 3.35. The van der Waals surface area contributed by atoms with E-state index < -0.39 is 0 Å². The van der Waals surface area contributed by atoms with Crippen molar-refractivity contribution in [2.45, 2.75) is 19.4 Å². The Hall–Kier alpha value is -1.06. The van der Waals surface area contributed by atoms with Gasteiger partial charge in [0.1, 0.15) is 5.75 Å². The van der Waals surface area contributed by atoms with E-state index >= 15 is 0 Å². The van der Waals surface area contributed by atoms with Crippen LogP contribution in [0, 0.1) is 0 Å². The lowest BCUT2D eigenvalue weighted by Crippen LogP contribution is -2.14. The number of rotatable bonds is 5. The molecule has 0 bridgehead atoms. The fraction of sp³-hybridized carbons (Fsp3) is 0.500. The summed E-state index contributed by atoms with van der Waals surface area (Å²) in [5.74, 6) is 0.908. The van der Waals surface area contributed by atoms with Crippen molar-refractivity contribution in [2.75, 3.05) is 20.8 Å². The quantitative estimate of drug-likeness (QED) is 0.805. The zero-order chi connectivity index (χ0) is 11.3. The first-order chi connectivity index (χ1) is 7.26. The normalized spacial score (nSPS) is 12.5. The van der Waals surface area contributed by atoms with Crippen molar-refractivity contribution in [1.29, 1.82) is 0 Å². The van der Waals surface area contributed by atoms with Crippen LogP contribution in [0.25, 0.3) is 0 Å². The van der Waals surface area contributed by atoms with Crippen LogP contribution in [0.5, 0.6) is 5.75 Å². The van der Waals surface area contributed by atoms with E-state index in [0.29, 0.717) is 6.54 Å². The van der Waals surface area contributed by atoms with Gasteiger partial charge >= 0.3 is 0 Å². The molecule has 84 valence electrons. The summed E-state index contributed by atoms with van der Waals surface area (Å²) >= 11 is 0. The lowest BCUT2D eigenvalue weighted by atomic mass is 10.0. The molecule has 0 saturated heterocycles. The molecule has 0 spiro atoms. The van der Waals surface area contributed by atoms with Crippen LogP contribution in [0.15, 0.2) is 18.2 Å². The second-order valence-corrected chi connectivity index (χ2v) is 3.38. The summed E-state index contributed by atoms with van der Waals surface area (Å²) in [4.78, 5) is 0. The van der Waals surface area contributed by atoms with Crippen molar-refractivity contribution < 1.29 is 9.47 Å². The largest absolute Gasteiger partial charge is 0.496 e. The summed E-state index contributed by atoms with van der Waals surface area (Å²) < 4.78 is 10.6. The van der Waals surface area contributed by atoms with Crippen LogP contribution in [0.4, 0.5) is 0 Å². The van der Waals surface area contributed by atoms with Crippen LogP contribution in [0.2, 0.25) is 0 Å². The second kappa shape index (κ2) is 5.73. The minimum atomic E-state index is -0.0511.